The minimum Gasteiger partial charge on any atom is -0.344 e. The zero-order valence-corrected chi connectivity index (χ0v) is 6.52. The van der Waals surface area contributed by atoms with E-state index in [1.807, 2.05) is 0 Å². The first-order valence-corrected chi connectivity index (χ1v) is 3.40. The van der Waals surface area contributed by atoms with Crippen molar-refractivity contribution in [1.82, 2.24) is 6.15 Å². The second kappa shape index (κ2) is 27.7. The predicted molar refractivity (Wildman–Crippen MR) is 34.8 cm³/mol. The van der Waals surface area contributed by atoms with Crippen LogP contribution in [-0.2, 0) is 0 Å². The highest BCUT2D eigenvalue weighted by atomic mass is 79.9. The van der Waals surface area contributed by atoms with E-state index in [-0.39, 0.29) is 16.0 Å². The van der Waals surface area contributed by atoms with Crippen molar-refractivity contribution >= 4 is 33.3 Å². The van der Waals surface area contributed by atoms with Crippen molar-refractivity contribution in [2.75, 3.05) is 0 Å². The number of hydrogen-bond donors (Lipinski definition) is 1. The largest absolute Gasteiger partial charge is 0.344 e. The molecule has 2 unspecified atom stereocenters. The van der Waals surface area contributed by atoms with E-state index in [9.17, 15) is 0 Å². The maximum absolute atomic E-state index is 2.85. The van der Waals surface area contributed by atoms with E-state index in [2.05, 4.69) is 23.4 Å². The summed E-state index contributed by atoms with van der Waals surface area (Å²) in [7, 11) is 2.23. The van der Waals surface area contributed by atoms with Gasteiger partial charge in [-0.25, -0.2) is 0 Å². The van der Waals surface area contributed by atoms with Crippen molar-refractivity contribution in [3.05, 3.63) is 0 Å². The molecule has 0 heterocycles. The van der Waals surface area contributed by atoms with Crippen molar-refractivity contribution < 1.29 is 0 Å². The lowest BCUT2D eigenvalue weighted by Gasteiger charge is -1.07. The van der Waals surface area contributed by atoms with Crippen LogP contribution in [0.15, 0.2) is 0 Å². The molecule has 0 saturated heterocycles. The normalized spacial score (nSPS) is 1.50. The molecule has 0 rings (SSSR count). The molecule has 0 bridgehead atoms. The van der Waals surface area contributed by atoms with Crippen molar-refractivity contribution in [2.45, 2.75) is 0 Å². The summed E-state index contributed by atoms with van der Waals surface area (Å²) in [6, 6.07) is 0. The van der Waals surface area contributed by atoms with Gasteiger partial charge in [0.15, 0.2) is 0 Å². The van der Waals surface area contributed by atoms with Gasteiger partial charge in [-0.1, -0.05) is 23.4 Å². The van der Waals surface area contributed by atoms with Gasteiger partial charge in [0.05, 0.1) is 0 Å². The van der Waals surface area contributed by atoms with Crippen molar-refractivity contribution in [1.29, 1.82) is 0 Å². The van der Waals surface area contributed by atoms with E-state index in [4.69, 9.17) is 0 Å². The third kappa shape index (κ3) is 10.3. The second-order valence-corrected chi connectivity index (χ2v) is 0. The van der Waals surface area contributed by atoms with Gasteiger partial charge in [0.2, 0.25) is 0 Å². The fourth-order valence-electron chi connectivity index (χ4n) is 0. The molecule has 0 aliphatic rings. The van der Waals surface area contributed by atoms with Crippen LogP contribution >= 0.6 is 33.3 Å². The van der Waals surface area contributed by atoms with Crippen LogP contribution in [0.2, 0.25) is 0 Å². The van der Waals surface area contributed by atoms with E-state index in [1.54, 1.807) is 0 Å². The van der Waals surface area contributed by atoms with Gasteiger partial charge in [-0.05, 0) is 0 Å². The number of halogens is 1. The minimum atomic E-state index is 0. The Bertz CT molecular complexity index is 6.00. The van der Waals surface area contributed by atoms with Crippen LogP contribution in [0.1, 0.15) is 0 Å². The smallest absolute Gasteiger partial charge is 0.0652 e. The summed E-state index contributed by atoms with van der Waals surface area (Å²) in [5.41, 5.74) is 0. The standard InChI is InChI=1S/BrH2P.H3N.H3P/c1-2;;/h2H2;2*1H3. The summed E-state index contributed by atoms with van der Waals surface area (Å²) in [5.74, 6) is 0. The molecule has 3 N–H and O–H groups in total. The molecular formula is H8BrNP2. The second-order valence-electron chi connectivity index (χ2n) is 0. The molecule has 0 aliphatic carbocycles. The van der Waals surface area contributed by atoms with Gasteiger partial charge >= 0.3 is 0 Å². The van der Waals surface area contributed by atoms with Crippen LogP contribution in [0.4, 0.5) is 0 Å². The molecule has 4 heteroatoms. The maximum atomic E-state index is 2.85. The van der Waals surface area contributed by atoms with Gasteiger partial charge in [-0.15, -0.1) is 0 Å². The predicted octanol–water partition coefficient (Wildman–Crippen LogP) is 1.39. The summed E-state index contributed by atoms with van der Waals surface area (Å²) in [6.07, 6.45) is 0. The lowest BCUT2D eigenvalue weighted by atomic mass is 14.0. The molecule has 0 saturated carbocycles. The van der Waals surface area contributed by atoms with E-state index >= 15 is 0 Å². The fraction of sp³-hybridized carbons (Fsp3) is 0. The Morgan fingerprint density at radius 2 is 1.25 bits per heavy atom. The van der Waals surface area contributed by atoms with E-state index in [0.29, 0.717) is 0 Å². The first-order valence-electron chi connectivity index (χ1n) is 0.218. The zero-order chi connectivity index (χ0) is 2.00. The third-order valence-corrected chi connectivity index (χ3v) is 0. The van der Waals surface area contributed by atoms with Crippen LogP contribution < -0.4 is 6.15 Å². The topological polar surface area (TPSA) is 35.0 Å². The van der Waals surface area contributed by atoms with Crippen LogP contribution in [0.3, 0.4) is 0 Å². The summed E-state index contributed by atoms with van der Waals surface area (Å²) in [4.78, 5) is 0. The van der Waals surface area contributed by atoms with Crippen molar-refractivity contribution in [3.63, 3.8) is 0 Å². The van der Waals surface area contributed by atoms with E-state index in [1.165, 1.54) is 0 Å². The SMILES string of the molecule is N.P.PBr. The molecule has 2 atom stereocenters. The number of hydrogen-bond acceptors (Lipinski definition) is 1. The lowest BCUT2D eigenvalue weighted by Crippen LogP contribution is -0.481. The lowest BCUT2D eigenvalue weighted by molar-refractivity contribution is 2.13. The Morgan fingerprint density at radius 1 is 1.25 bits per heavy atom. The molecule has 30 valence electrons. The summed E-state index contributed by atoms with van der Waals surface area (Å²) in [5, 5.41) is 0. The molecule has 1 nitrogen and oxygen atoms in total. The summed E-state index contributed by atoms with van der Waals surface area (Å²) < 4.78 is 0. The molecule has 0 aromatic rings. The molecular weight excluding hydrogens is 156 g/mol. The highest BCUT2D eigenvalue weighted by molar-refractivity contribution is 9.34. The van der Waals surface area contributed by atoms with E-state index < -0.39 is 0 Å². The van der Waals surface area contributed by atoms with Gasteiger partial charge in [-0.2, -0.15) is 9.90 Å². The Kier molecular flexibility index (Phi) is 128. The van der Waals surface area contributed by atoms with Gasteiger partial charge < -0.3 is 6.15 Å². The Hall–Kier alpha value is 1.30. The Balaban J connectivity index is -0.00000000500. The van der Waals surface area contributed by atoms with Gasteiger partial charge in [0, 0.05) is 0 Å². The van der Waals surface area contributed by atoms with Crippen LogP contribution in [-0.4, -0.2) is 0 Å². The molecule has 0 aromatic carbocycles. The van der Waals surface area contributed by atoms with Gasteiger partial charge in [-0.3, -0.25) is 0 Å². The van der Waals surface area contributed by atoms with Crippen LogP contribution in [0.25, 0.3) is 0 Å². The average Bonchev–Trinajstić information content (AvgIpc) is 1.00. The molecule has 0 fully saturated rings. The zero-order valence-electron chi connectivity index (χ0n) is 2.37. The first-order chi connectivity index (χ1) is 1.00. The van der Waals surface area contributed by atoms with Crippen molar-refractivity contribution in [2.24, 2.45) is 0 Å². The minimum absolute atomic E-state index is 0. The molecule has 0 aromatic heterocycles. The van der Waals surface area contributed by atoms with Crippen molar-refractivity contribution in [3.8, 4) is 0 Å². The average molecular weight is 164 g/mol. The fourth-order valence-corrected chi connectivity index (χ4v) is 0. The van der Waals surface area contributed by atoms with Crippen LogP contribution in [0, 0.1) is 0 Å². The first kappa shape index (κ1) is 18.5. The third-order valence-electron chi connectivity index (χ3n) is 0. The van der Waals surface area contributed by atoms with E-state index in [0.717, 1.165) is 0 Å². The maximum Gasteiger partial charge on any atom is -0.0652 e. The Morgan fingerprint density at radius 3 is 1.25 bits per heavy atom. The molecule has 0 amide bonds. The highest BCUT2D eigenvalue weighted by Crippen LogP contribution is 1.85. The quantitative estimate of drug-likeness (QED) is 0.539. The van der Waals surface area contributed by atoms with Gasteiger partial charge in [0.25, 0.3) is 0 Å². The summed E-state index contributed by atoms with van der Waals surface area (Å²) >= 11 is 2.85. The summed E-state index contributed by atoms with van der Waals surface area (Å²) in [6.45, 7) is 0. The Labute approximate surface area is 40.1 Å². The monoisotopic (exact) mass is 163 g/mol. The van der Waals surface area contributed by atoms with Crippen LogP contribution in [0.5, 0.6) is 0 Å². The molecule has 0 aliphatic heterocycles. The highest BCUT2D eigenvalue weighted by Gasteiger charge is 0.933. The molecule has 0 spiro atoms. The number of rotatable bonds is 0. The molecule has 4 heavy (non-hydrogen) atoms. The van der Waals surface area contributed by atoms with Gasteiger partial charge in [0.1, 0.15) is 0 Å². The molecule has 0 radical (unpaired) electrons.